The van der Waals surface area contributed by atoms with Gasteiger partial charge in [-0.2, -0.15) is 13.2 Å². The number of nitrogens with zero attached hydrogens (tertiary/aromatic N) is 2. The van der Waals surface area contributed by atoms with E-state index < -0.39 is 11.7 Å². The van der Waals surface area contributed by atoms with Gasteiger partial charge < -0.3 is 14.6 Å². The third kappa shape index (κ3) is 4.43. The molecule has 5 rings (SSSR count). The summed E-state index contributed by atoms with van der Waals surface area (Å²) in [5, 5.41) is 3.16. The molecular weight excluding hydrogens is 431 g/mol. The van der Waals surface area contributed by atoms with Gasteiger partial charge in [0.1, 0.15) is 11.6 Å². The van der Waals surface area contributed by atoms with Crippen LogP contribution in [0.3, 0.4) is 0 Å². The lowest BCUT2D eigenvalue weighted by Gasteiger charge is -2.28. The summed E-state index contributed by atoms with van der Waals surface area (Å²) in [7, 11) is 0. The molecule has 174 valence electrons. The van der Waals surface area contributed by atoms with Crippen molar-refractivity contribution in [2.24, 2.45) is 0 Å². The van der Waals surface area contributed by atoms with Crippen molar-refractivity contribution in [2.45, 2.75) is 63.2 Å². The van der Waals surface area contributed by atoms with Gasteiger partial charge in [0.05, 0.1) is 5.56 Å². The van der Waals surface area contributed by atoms with E-state index in [9.17, 15) is 18.0 Å². The molecule has 2 aliphatic rings. The Morgan fingerprint density at radius 2 is 1.82 bits per heavy atom. The Labute approximate surface area is 190 Å². The number of hydrogen-bond donors (Lipinski definition) is 1. The van der Waals surface area contributed by atoms with E-state index in [2.05, 4.69) is 10.3 Å². The van der Waals surface area contributed by atoms with Gasteiger partial charge in [-0.05, 0) is 55.0 Å². The van der Waals surface area contributed by atoms with Crippen LogP contribution in [-0.2, 0) is 6.18 Å². The lowest BCUT2D eigenvalue weighted by atomic mass is 9.96. The second-order valence-electron chi connectivity index (χ2n) is 8.91. The molecule has 1 atom stereocenters. The Bertz CT molecular complexity index is 1150. The molecule has 0 radical (unpaired) electrons. The van der Waals surface area contributed by atoms with Crippen LogP contribution in [0.4, 0.5) is 18.0 Å². The number of likely N-dealkylation sites (tertiary alicyclic amines) is 1. The van der Waals surface area contributed by atoms with Crippen molar-refractivity contribution in [3.8, 4) is 11.1 Å². The predicted octanol–water partition coefficient (Wildman–Crippen LogP) is 6.69. The SMILES string of the molecule is O=C(NC1CCCCC1)N1CCCC1c1nc2cc(-c3ccccc3C(F)(F)F)ccc2o1. The summed E-state index contributed by atoms with van der Waals surface area (Å²) >= 11 is 0. The molecule has 2 fully saturated rings. The highest BCUT2D eigenvalue weighted by Gasteiger charge is 2.35. The van der Waals surface area contributed by atoms with Crippen LogP contribution in [0.1, 0.15) is 62.4 Å². The number of oxazole rings is 1. The maximum absolute atomic E-state index is 13.5. The normalized spacial score (nSPS) is 19.8. The van der Waals surface area contributed by atoms with Gasteiger partial charge in [0, 0.05) is 12.6 Å². The largest absolute Gasteiger partial charge is 0.438 e. The zero-order valence-electron chi connectivity index (χ0n) is 18.2. The van der Waals surface area contributed by atoms with Gasteiger partial charge in [-0.25, -0.2) is 9.78 Å². The molecular formula is C25H26F3N3O2. The van der Waals surface area contributed by atoms with Gasteiger partial charge in [-0.15, -0.1) is 0 Å². The number of aromatic nitrogens is 1. The summed E-state index contributed by atoms with van der Waals surface area (Å²) in [6.07, 6.45) is 2.66. The van der Waals surface area contributed by atoms with Crippen LogP contribution in [0.15, 0.2) is 46.9 Å². The van der Waals surface area contributed by atoms with Crippen molar-refractivity contribution in [1.29, 1.82) is 0 Å². The number of halogens is 3. The lowest BCUT2D eigenvalue weighted by molar-refractivity contribution is -0.137. The van der Waals surface area contributed by atoms with Gasteiger partial charge in [-0.3, -0.25) is 0 Å². The molecule has 1 aliphatic carbocycles. The Hall–Kier alpha value is -3.03. The van der Waals surface area contributed by atoms with Crippen molar-refractivity contribution >= 4 is 17.1 Å². The van der Waals surface area contributed by atoms with E-state index in [1.807, 2.05) is 0 Å². The van der Waals surface area contributed by atoms with Crippen molar-refractivity contribution in [2.75, 3.05) is 6.54 Å². The van der Waals surface area contributed by atoms with Crippen molar-refractivity contribution < 1.29 is 22.4 Å². The molecule has 2 amide bonds. The van der Waals surface area contributed by atoms with Crippen LogP contribution < -0.4 is 5.32 Å². The summed E-state index contributed by atoms with van der Waals surface area (Å²) in [6.45, 7) is 0.631. The number of alkyl halides is 3. The third-order valence-electron chi connectivity index (χ3n) is 6.68. The first kappa shape index (κ1) is 21.8. The molecule has 5 nitrogen and oxygen atoms in total. The van der Waals surface area contributed by atoms with Crippen molar-refractivity contribution in [3.05, 3.63) is 53.9 Å². The van der Waals surface area contributed by atoms with Gasteiger partial charge in [0.2, 0.25) is 5.89 Å². The number of carbonyl (C=O) groups excluding carboxylic acids is 1. The van der Waals surface area contributed by atoms with E-state index in [0.717, 1.165) is 44.6 Å². The van der Waals surface area contributed by atoms with E-state index in [1.165, 1.54) is 18.6 Å². The highest BCUT2D eigenvalue weighted by atomic mass is 19.4. The standard InChI is InChI=1S/C25H26F3N3O2/c26-25(27,28)19-10-5-4-9-18(19)16-12-13-22-20(15-16)30-23(33-22)21-11-6-14-31(21)24(32)29-17-7-2-1-3-8-17/h4-5,9-10,12-13,15,17,21H,1-3,6-8,11,14H2,(H,29,32). The van der Waals surface area contributed by atoms with E-state index >= 15 is 0 Å². The molecule has 1 unspecified atom stereocenters. The van der Waals surface area contributed by atoms with E-state index in [0.29, 0.717) is 29.1 Å². The second-order valence-corrected chi connectivity index (χ2v) is 8.91. The predicted molar refractivity (Wildman–Crippen MR) is 119 cm³/mol. The Morgan fingerprint density at radius 1 is 1.03 bits per heavy atom. The zero-order chi connectivity index (χ0) is 23.0. The quantitative estimate of drug-likeness (QED) is 0.477. The van der Waals surface area contributed by atoms with E-state index in [1.54, 1.807) is 29.2 Å². The number of benzene rings is 2. The molecule has 1 saturated heterocycles. The minimum Gasteiger partial charge on any atom is -0.438 e. The van der Waals surface area contributed by atoms with Gasteiger partial charge in [0.15, 0.2) is 5.58 Å². The zero-order valence-corrected chi connectivity index (χ0v) is 18.2. The topological polar surface area (TPSA) is 58.4 Å². The number of amides is 2. The first-order chi connectivity index (χ1) is 15.9. The molecule has 0 bridgehead atoms. The molecule has 2 heterocycles. The number of carbonyl (C=O) groups is 1. The van der Waals surface area contributed by atoms with Crippen LogP contribution in [0, 0.1) is 0 Å². The first-order valence-electron chi connectivity index (χ1n) is 11.5. The molecule has 3 aromatic rings. The maximum Gasteiger partial charge on any atom is 0.417 e. The smallest absolute Gasteiger partial charge is 0.417 e. The van der Waals surface area contributed by atoms with E-state index in [-0.39, 0.29) is 23.7 Å². The van der Waals surface area contributed by atoms with Crippen molar-refractivity contribution in [1.82, 2.24) is 15.2 Å². The third-order valence-corrected chi connectivity index (χ3v) is 6.68. The first-order valence-corrected chi connectivity index (χ1v) is 11.5. The molecule has 33 heavy (non-hydrogen) atoms. The van der Waals surface area contributed by atoms with E-state index in [4.69, 9.17) is 4.42 Å². The van der Waals surface area contributed by atoms with Crippen LogP contribution in [0.25, 0.3) is 22.2 Å². The van der Waals surface area contributed by atoms with Gasteiger partial charge in [-0.1, -0.05) is 43.5 Å². The highest BCUT2D eigenvalue weighted by molar-refractivity contribution is 5.82. The molecule has 8 heteroatoms. The van der Waals surface area contributed by atoms with Crippen LogP contribution in [0.5, 0.6) is 0 Å². The maximum atomic E-state index is 13.5. The van der Waals surface area contributed by atoms with Crippen molar-refractivity contribution in [3.63, 3.8) is 0 Å². The second kappa shape index (κ2) is 8.72. The number of rotatable bonds is 3. The highest BCUT2D eigenvalue weighted by Crippen LogP contribution is 2.39. The monoisotopic (exact) mass is 457 g/mol. The molecule has 1 aliphatic heterocycles. The minimum atomic E-state index is -4.45. The van der Waals surface area contributed by atoms with Gasteiger partial charge >= 0.3 is 12.2 Å². The van der Waals surface area contributed by atoms with Crippen LogP contribution in [-0.4, -0.2) is 28.5 Å². The molecule has 1 aromatic heterocycles. The summed E-state index contributed by atoms with van der Waals surface area (Å²) in [5.41, 5.74) is 0.825. The fourth-order valence-corrected chi connectivity index (χ4v) is 5.01. The fraction of sp³-hybridized carbons (Fsp3) is 0.440. The number of urea groups is 1. The molecule has 1 N–H and O–H groups in total. The lowest BCUT2D eigenvalue weighted by Crippen LogP contribution is -2.45. The summed E-state index contributed by atoms with van der Waals surface area (Å²) < 4.78 is 46.4. The number of nitrogens with one attached hydrogen (secondary N) is 1. The molecule has 2 aromatic carbocycles. The Kier molecular flexibility index (Phi) is 5.76. The summed E-state index contributed by atoms with van der Waals surface area (Å²) in [6, 6.07) is 10.2. The average Bonchev–Trinajstić information content (AvgIpc) is 3.45. The Balaban J connectivity index is 1.40. The minimum absolute atomic E-state index is 0.0913. The Morgan fingerprint density at radius 3 is 2.61 bits per heavy atom. The fourth-order valence-electron chi connectivity index (χ4n) is 5.01. The summed E-state index contributed by atoms with van der Waals surface area (Å²) in [4.78, 5) is 19.3. The summed E-state index contributed by atoms with van der Waals surface area (Å²) in [5.74, 6) is 0.433. The van der Waals surface area contributed by atoms with Crippen LogP contribution >= 0.6 is 0 Å². The van der Waals surface area contributed by atoms with Gasteiger partial charge in [0.25, 0.3) is 0 Å². The average molecular weight is 457 g/mol. The molecule has 0 spiro atoms. The van der Waals surface area contributed by atoms with Crippen LogP contribution in [0.2, 0.25) is 0 Å². The number of hydrogen-bond acceptors (Lipinski definition) is 3. The number of fused-ring (bicyclic) bond motifs is 1. The molecule has 1 saturated carbocycles.